The van der Waals surface area contributed by atoms with Gasteiger partial charge < -0.3 is 15.8 Å². The molecule has 1 aliphatic rings. The van der Waals surface area contributed by atoms with E-state index in [2.05, 4.69) is 21.2 Å². The SMILES string of the molecule is COc1ccc(Br)cc1NC(=O)C1(N)CC1. The van der Waals surface area contributed by atoms with Gasteiger partial charge in [-0.05, 0) is 31.0 Å². The van der Waals surface area contributed by atoms with Crippen LogP contribution in [0.4, 0.5) is 5.69 Å². The predicted molar refractivity (Wildman–Crippen MR) is 65.5 cm³/mol. The number of hydrogen-bond donors (Lipinski definition) is 2. The molecular formula is C11H13BrN2O2. The summed E-state index contributed by atoms with van der Waals surface area (Å²) < 4.78 is 6.04. The highest BCUT2D eigenvalue weighted by Crippen LogP contribution is 2.35. The van der Waals surface area contributed by atoms with Crippen molar-refractivity contribution in [3.8, 4) is 5.75 Å². The fraction of sp³-hybridized carbons (Fsp3) is 0.364. The number of rotatable bonds is 3. The van der Waals surface area contributed by atoms with E-state index in [0.717, 1.165) is 17.3 Å². The van der Waals surface area contributed by atoms with Gasteiger partial charge in [-0.3, -0.25) is 4.79 Å². The number of methoxy groups -OCH3 is 1. The summed E-state index contributed by atoms with van der Waals surface area (Å²) >= 11 is 3.34. The topological polar surface area (TPSA) is 64.3 Å². The van der Waals surface area contributed by atoms with Gasteiger partial charge in [-0.1, -0.05) is 15.9 Å². The minimum Gasteiger partial charge on any atom is -0.495 e. The fourth-order valence-corrected chi connectivity index (χ4v) is 1.75. The second kappa shape index (κ2) is 4.07. The number of anilines is 1. The highest BCUT2D eigenvalue weighted by Gasteiger charge is 2.46. The van der Waals surface area contributed by atoms with E-state index in [1.165, 1.54) is 0 Å². The first-order valence-corrected chi connectivity index (χ1v) is 5.78. The average molecular weight is 285 g/mol. The molecule has 0 unspecified atom stereocenters. The molecule has 0 aliphatic heterocycles. The molecule has 0 spiro atoms. The van der Waals surface area contributed by atoms with Crippen LogP contribution < -0.4 is 15.8 Å². The Kier molecular flexibility index (Phi) is 2.90. The fourth-order valence-electron chi connectivity index (χ4n) is 1.39. The molecule has 4 nitrogen and oxygen atoms in total. The summed E-state index contributed by atoms with van der Waals surface area (Å²) in [6.07, 6.45) is 1.49. The molecule has 1 aliphatic carbocycles. The molecule has 0 radical (unpaired) electrons. The minimum absolute atomic E-state index is 0.149. The molecule has 2 rings (SSSR count). The second-order valence-corrected chi connectivity index (χ2v) is 4.87. The van der Waals surface area contributed by atoms with E-state index >= 15 is 0 Å². The number of carbonyl (C=O) groups is 1. The van der Waals surface area contributed by atoms with Crippen molar-refractivity contribution in [2.45, 2.75) is 18.4 Å². The highest BCUT2D eigenvalue weighted by molar-refractivity contribution is 9.10. The predicted octanol–water partition coefficient (Wildman–Crippen LogP) is 1.89. The van der Waals surface area contributed by atoms with Gasteiger partial charge in [0.25, 0.3) is 0 Å². The smallest absolute Gasteiger partial charge is 0.244 e. The lowest BCUT2D eigenvalue weighted by atomic mass is 10.2. The number of ether oxygens (including phenoxy) is 1. The molecular weight excluding hydrogens is 272 g/mol. The van der Waals surface area contributed by atoms with Crippen molar-refractivity contribution < 1.29 is 9.53 Å². The number of nitrogens with two attached hydrogens (primary N) is 1. The number of carbonyl (C=O) groups excluding carboxylic acids is 1. The zero-order chi connectivity index (χ0) is 11.8. The van der Waals surface area contributed by atoms with Crippen molar-refractivity contribution in [3.63, 3.8) is 0 Å². The first-order chi connectivity index (χ1) is 7.55. The first kappa shape index (κ1) is 11.4. The molecule has 5 heteroatoms. The largest absolute Gasteiger partial charge is 0.495 e. The van der Waals surface area contributed by atoms with E-state index in [1.54, 1.807) is 19.2 Å². The van der Waals surface area contributed by atoms with Gasteiger partial charge in [0.1, 0.15) is 5.75 Å². The van der Waals surface area contributed by atoms with Crippen LogP contribution in [0.5, 0.6) is 5.75 Å². The minimum atomic E-state index is -0.673. The molecule has 86 valence electrons. The van der Waals surface area contributed by atoms with Crippen LogP contribution in [0.25, 0.3) is 0 Å². The number of benzene rings is 1. The maximum Gasteiger partial charge on any atom is 0.244 e. The monoisotopic (exact) mass is 284 g/mol. The lowest BCUT2D eigenvalue weighted by Gasteiger charge is -2.13. The summed E-state index contributed by atoms with van der Waals surface area (Å²) in [5.41, 5.74) is 5.77. The molecule has 0 aromatic heterocycles. The van der Waals surface area contributed by atoms with Gasteiger partial charge in [0, 0.05) is 4.47 Å². The van der Waals surface area contributed by atoms with Gasteiger partial charge in [-0.25, -0.2) is 0 Å². The normalized spacial score (nSPS) is 16.7. The second-order valence-electron chi connectivity index (χ2n) is 3.95. The number of halogens is 1. The maximum atomic E-state index is 11.8. The number of hydrogen-bond acceptors (Lipinski definition) is 3. The Morgan fingerprint density at radius 1 is 1.56 bits per heavy atom. The lowest BCUT2D eigenvalue weighted by Crippen LogP contribution is -2.37. The third-order valence-electron chi connectivity index (χ3n) is 2.65. The Balaban J connectivity index is 2.19. The van der Waals surface area contributed by atoms with Crippen LogP contribution in [0.3, 0.4) is 0 Å². The summed E-state index contributed by atoms with van der Waals surface area (Å²) in [5, 5.41) is 2.79. The summed E-state index contributed by atoms with van der Waals surface area (Å²) in [4.78, 5) is 11.8. The molecule has 16 heavy (non-hydrogen) atoms. The van der Waals surface area contributed by atoms with Crippen LogP contribution in [0, 0.1) is 0 Å². The van der Waals surface area contributed by atoms with Crippen LogP contribution in [-0.4, -0.2) is 18.6 Å². The van der Waals surface area contributed by atoms with E-state index in [0.29, 0.717) is 11.4 Å². The van der Waals surface area contributed by atoms with Gasteiger partial charge in [-0.2, -0.15) is 0 Å². The zero-order valence-electron chi connectivity index (χ0n) is 8.92. The first-order valence-electron chi connectivity index (χ1n) is 4.99. The van der Waals surface area contributed by atoms with Crippen molar-refractivity contribution in [3.05, 3.63) is 22.7 Å². The molecule has 1 aromatic carbocycles. The molecule has 1 aromatic rings. The van der Waals surface area contributed by atoms with Crippen LogP contribution >= 0.6 is 15.9 Å². The molecule has 0 bridgehead atoms. The molecule has 1 saturated carbocycles. The molecule has 0 heterocycles. The molecule has 0 atom stereocenters. The Labute approximate surface area is 102 Å². The van der Waals surface area contributed by atoms with Gasteiger partial charge in [0.15, 0.2) is 0 Å². The Morgan fingerprint density at radius 2 is 2.25 bits per heavy atom. The van der Waals surface area contributed by atoms with Crippen molar-refractivity contribution in [1.29, 1.82) is 0 Å². The van der Waals surface area contributed by atoms with Gasteiger partial charge >= 0.3 is 0 Å². The molecule has 0 saturated heterocycles. The third-order valence-corrected chi connectivity index (χ3v) is 3.14. The van der Waals surface area contributed by atoms with Gasteiger partial charge in [0.05, 0.1) is 18.3 Å². The van der Waals surface area contributed by atoms with Crippen LogP contribution in [0.1, 0.15) is 12.8 Å². The van der Waals surface area contributed by atoms with Crippen LogP contribution in [-0.2, 0) is 4.79 Å². The standard InChI is InChI=1S/C11H13BrN2O2/c1-16-9-3-2-7(12)6-8(9)14-10(15)11(13)4-5-11/h2-3,6H,4-5,13H2,1H3,(H,14,15). The zero-order valence-corrected chi connectivity index (χ0v) is 10.5. The summed E-state index contributed by atoms with van der Waals surface area (Å²) in [7, 11) is 1.56. The van der Waals surface area contributed by atoms with E-state index < -0.39 is 5.54 Å². The quantitative estimate of drug-likeness (QED) is 0.891. The van der Waals surface area contributed by atoms with E-state index in [-0.39, 0.29) is 5.91 Å². The highest BCUT2D eigenvalue weighted by atomic mass is 79.9. The number of nitrogens with one attached hydrogen (secondary N) is 1. The maximum absolute atomic E-state index is 11.8. The van der Waals surface area contributed by atoms with Gasteiger partial charge in [-0.15, -0.1) is 0 Å². The van der Waals surface area contributed by atoms with Crippen molar-refractivity contribution in [1.82, 2.24) is 0 Å². The van der Waals surface area contributed by atoms with Crippen molar-refractivity contribution >= 4 is 27.5 Å². The van der Waals surface area contributed by atoms with Crippen LogP contribution in [0.15, 0.2) is 22.7 Å². The number of amides is 1. The summed E-state index contributed by atoms with van der Waals surface area (Å²) in [5.74, 6) is 0.477. The Hall–Kier alpha value is -1.07. The molecule has 3 N–H and O–H groups in total. The summed E-state index contributed by atoms with van der Waals surface area (Å²) in [6, 6.07) is 5.43. The lowest BCUT2D eigenvalue weighted by molar-refractivity contribution is -0.118. The van der Waals surface area contributed by atoms with E-state index in [4.69, 9.17) is 10.5 Å². The molecule has 1 fully saturated rings. The Morgan fingerprint density at radius 3 is 2.81 bits per heavy atom. The van der Waals surface area contributed by atoms with Crippen molar-refractivity contribution in [2.24, 2.45) is 5.73 Å². The third kappa shape index (κ3) is 2.20. The molecule has 1 amide bonds. The van der Waals surface area contributed by atoms with Gasteiger partial charge in [0.2, 0.25) is 5.91 Å². The summed E-state index contributed by atoms with van der Waals surface area (Å²) in [6.45, 7) is 0. The van der Waals surface area contributed by atoms with E-state index in [1.807, 2.05) is 6.07 Å². The van der Waals surface area contributed by atoms with E-state index in [9.17, 15) is 4.79 Å². The average Bonchev–Trinajstić information content (AvgIpc) is 2.98. The van der Waals surface area contributed by atoms with Crippen molar-refractivity contribution in [2.75, 3.05) is 12.4 Å². The Bertz CT molecular complexity index is 430. The van der Waals surface area contributed by atoms with Crippen LogP contribution in [0.2, 0.25) is 0 Å².